The van der Waals surface area contributed by atoms with Crippen molar-refractivity contribution in [3.05, 3.63) is 29.3 Å². The highest BCUT2D eigenvalue weighted by Crippen LogP contribution is 2.31. The molecule has 0 saturated heterocycles. The molecule has 0 fully saturated rings. The summed E-state index contributed by atoms with van der Waals surface area (Å²) in [4.78, 5) is 0. The van der Waals surface area contributed by atoms with Gasteiger partial charge in [-0.1, -0.05) is 48.1 Å². The van der Waals surface area contributed by atoms with Gasteiger partial charge in [0.25, 0.3) is 0 Å². The molecule has 0 aliphatic heterocycles. The Bertz CT molecular complexity index is 498. The molecule has 90 valence electrons. The van der Waals surface area contributed by atoms with E-state index in [1.165, 1.54) is 11.3 Å². The first-order valence-electron chi connectivity index (χ1n) is 5.55. The Labute approximate surface area is 110 Å². The summed E-state index contributed by atoms with van der Waals surface area (Å²) in [6.07, 6.45) is 1.06. The van der Waals surface area contributed by atoms with Gasteiger partial charge in [0.1, 0.15) is 0 Å². The zero-order valence-electron chi connectivity index (χ0n) is 9.77. The van der Waals surface area contributed by atoms with Crippen LogP contribution in [0, 0.1) is 0 Å². The van der Waals surface area contributed by atoms with Gasteiger partial charge in [0, 0.05) is 11.6 Å². The van der Waals surface area contributed by atoms with Gasteiger partial charge < -0.3 is 5.32 Å². The van der Waals surface area contributed by atoms with E-state index >= 15 is 0 Å². The zero-order valence-corrected chi connectivity index (χ0v) is 11.3. The lowest BCUT2D eigenvalue weighted by molar-refractivity contribution is 0.760. The first kappa shape index (κ1) is 12.3. The van der Waals surface area contributed by atoms with Crippen molar-refractivity contribution < 1.29 is 0 Å². The van der Waals surface area contributed by atoms with Gasteiger partial charge in [-0.25, -0.2) is 0 Å². The lowest BCUT2D eigenvalue weighted by Gasteiger charge is -2.07. The number of aromatic nitrogens is 2. The average Bonchev–Trinajstić information content (AvgIpc) is 2.78. The summed E-state index contributed by atoms with van der Waals surface area (Å²) in [7, 11) is 0. The molecule has 1 atom stereocenters. The van der Waals surface area contributed by atoms with Crippen LogP contribution in [0.2, 0.25) is 5.02 Å². The quantitative estimate of drug-likeness (QED) is 0.907. The lowest BCUT2D eigenvalue weighted by Crippen LogP contribution is -2.12. The van der Waals surface area contributed by atoms with Gasteiger partial charge in [0.05, 0.1) is 5.02 Å². The minimum absolute atomic E-state index is 0.405. The predicted molar refractivity (Wildman–Crippen MR) is 73.7 cm³/mol. The molecule has 2 aromatic rings. The summed E-state index contributed by atoms with van der Waals surface area (Å²) in [6, 6.07) is 8.08. The molecule has 0 aliphatic carbocycles. The third kappa shape index (κ3) is 2.96. The maximum absolute atomic E-state index is 6.12. The van der Waals surface area contributed by atoms with Crippen LogP contribution in [0.4, 0.5) is 5.13 Å². The number of nitrogens with zero attached hydrogens (tertiary/aromatic N) is 2. The van der Waals surface area contributed by atoms with Crippen LogP contribution in [0.5, 0.6) is 0 Å². The van der Waals surface area contributed by atoms with Crippen molar-refractivity contribution in [1.82, 2.24) is 10.2 Å². The second kappa shape index (κ2) is 5.47. The van der Waals surface area contributed by atoms with Crippen molar-refractivity contribution in [3.63, 3.8) is 0 Å². The number of nitrogens with one attached hydrogen (secondary N) is 1. The van der Waals surface area contributed by atoms with Crippen LogP contribution in [0.25, 0.3) is 10.6 Å². The fraction of sp³-hybridized carbons (Fsp3) is 0.333. The van der Waals surface area contributed by atoms with E-state index in [-0.39, 0.29) is 0 Å². The predicted octanol–water partition coefficient (Wildman–Crippen LogP) is 4.07. The van der Waals surface area contributed by atoms with E-state index in [9.17, 15) is 0 Å². The van der Waals surface area contributed by atoms with Gasteiger partial charge >= 0.3 is 0 Å². The molecule has 0 spiro atoms. The van der Waals surface area contributed by atoms with Gasteiger partial charge in [0.15, 0.2) is 5.01 Å². The molecule has 0 radical (unpaired) electrons. The summed E-state index contributed by atoms with van der Waals surface area (Å²) in [5.41, 5.74) is 0.934. The van der Waals surface area contributed by atoms with Crippen molar-refractivity contribution >= 4 is 28.1 Å². The SMILES string of the molecule is CCC(C)Nc1nnc(-c2ccccc2Cl)s1. The van der Waals surface area contributed by atoms with Gasteiger partial charge in [-0.2, -0.15) is 0 Å². The first-order valence-corrected chi connectivity index (χ1v) is 6.75. The maximum atomic E-state index is 6.12. The Morgan fingerprint density at radius 1 is 1.35 bits per heavy atom. The van der Waals surface area contributed by atoms with Crippen LogP contribution in [-0.4, -0.2) is 16.2 Å². The van der Waals surface area contributed by atoms with Crippen LogP contribution in [0.3, 0.4) is 0 Å². The normalized spacial score (nSPS) is 12.4. The number of benzene rings is 1. The largest absolute Gasteiger partial charge is 0.358 e. The average molecular weight is 268 g/mol. The minimum Gasteiger partial charge on any atom is -0.358 e. The Morgan fingerprint density at radius 2 is 2.12 bits per heavy atom. The van der Waals surface area contributed by atoms with Crippen LogP contribution >= 0.6 is 22.9 Å². The van der Waals surface area contributed by atoms with Crippen molar-refractivity contribution in [2.24, 2.45) is 0 Å². The molecule has 0 saturated carbocycles. The number of hydrogen-bond acceptors (Lipinski definition) is 4. The third-order valence-corrected chi connectivity index (χ3v) is 3.73. The molecule has 1 unspecified atom stereocenters. The molecular formula is C12H14ClN3S. The Kier molecular flexibility index (Phi) is 3.97. The third-order valence-electron chi connectivity index (χ3n) is 2.51. The topological polar surface area (TPSA) is 37.8 Å². The van der Waals surface area contributed by atoms with Crippen LogP contribution in [0.1, 0.15) is 20.3 Å². The van der Waals surface area contributed by atoms with Crippen molar-refractivity contribution in [3.8, 4) is 10.6 Å². The van der Waals surface area contributed by atoms with E-state index < -0.39 is 0 Å². The second-order valence-electron chi connectivity index (χ2n) is 3.85. The highest BCUT2D eigenvalue weighted by atomic mass is 35.5. The summed E-state index contributed by atoms with van der Waals surface area (Å²) >= 11 is 7.65. The minimum atomic E-state index is 0.405. The molecule has 1 aromatic heterocycles. The van der Waals surface area contributed by atoms with Crippen LogP contribution in [0.15, 0.2) is 24.3 Å². The Balaban J connectivity index is 2.21. The van der Waals surface area contributed by atoms with E-state index in [1.54, 1.807) is 0 Å². The van der Waals surface area contributed by atoms with E-state index in [2.05, 4.69) is 29.4 Å². The molecule has 0 bridgehead atoms. The smallest absolute Gasteiger partial charge is 0.206 e. The number of rotatable bonds is 4. The summed E-state index contributed by atoms with van der Waals surface area (Å²) in [5.74, 6) is 0. The van der Waals surface area contributed by atoms with Gasteiger partial charge in [-0.05, 0) is 19.4 Å². The molecule has 3 nitrogen and oxygen atoms in total. The maximum Gasteiger partial charge on any atom is 0.206 e. The molecule has 1 N–H and O–H groups in total. The molecule has 0 amide bonds. The summed E-state index contributed by atoms with van der Waals surface area (Å²) in [5, 5.41) is 14.0. The molecule has 0 aliphatic rings. The molecular weight excluding hydrogens is 254 g/mol. The Morgan fingerprint density at radius 3 is 2.82 bits per heavy atom. The highest BCUT2D eigenvalue weighted by Gasteiger charge is 2.10. The van der Waals surface area contributed by atoms with Crippen molar-refractivity contribution in [2.45, 2.75) is 26.3 Å². The van der Waals surface area contributed by atoms with E-state index in [0.29, 0.717) is 11.1 Å². The van der Waals surface area contributed by atoms with Gasteiger partial charge in [0.2, 0.25) is 5.13 Å². The lowest BCUT2D eigenvalue weighted by atomic mass is 10.2. The van der Waals surface area contributed by atoms with E-state index in [0.717, 1.165) is 22.1 Å². The second-order valence-corrected chi connectivity index (χ2v) is 5.23. The van der Waals surface area contributed by atoms with E-state index in [1.807, 2.05) is 24.3 Å². The molecule has 5 heteroatoms. The van der Waals surface area contributed by atoms with Crippen LogP contribution < -0.4 is 5.32 Å². The number of hydrogen-bond donors (Lipinski definition) is 1. The van der Waals surface area contributed by atoms with Crippen molar-refractivity contribution in [1.29, 1.82) is 0 Å². The van der Waals surface area contributed by atoms with E-state index in [4.69, 9.17) is 11.6 Å². The van der Waals surface area contributed by atoms with Crippen molar-refractivity contribution in [2.75, 3.05) is 5.32 Å². The molecule has 2 rings (SSSR count). The standard InChI is InChI=1S/C12H14ClN3S/c1-3-8(2)14-12-16-15-11(17-12)9-6-4-5-7-10(9)13/h4-8H,3H2,1-2H3,(H,14,16). The number of halogens is 1. The fourth-order valence-electron chi connectivity index (χ4n) is 1.34. The monoisotopic (exact) mass is 267 g/mol. The molecule has 1 aromatic carbocycles. The fourth-order valence-corrected chi connectivity index (χ4v) is 2.51. The zero-order chi connectivity index (χ0) is 12.3. The van der Waals surface area contributed by atoms with Gasteiger partial charge in [-0.15, -0.1) is 10.2 Å². The number of anilines is 1. The molecule has 17 heavy (non-hydrogen) atoms. The van der Waals surface area contributed by atoms with Gasteiger partial charge in [-0.3, -0.25) is 0 Å². The highest BCUT2D eigenvalue weighted by molar-refractivity contribution is 7.18. The summed E-state index contributed by atoms with van der Waals surface area (Å²) in [6.45, 7) is 4.25. The Hall–Kier alpha value is -1.13. The molecule has 1 heterocycles. The first-order chi connectivity index (χ1) is 8.20. The van der Waals surface area contributed by atoms with Crippen LogP contribution in [-0.2, 0) is 0 Å². The summed E-state index contributed by atoms with van der Waals surface area (Å²) < 4.78 is 0.